The number of ether oxygens (including phenoxy) is 2. The largest absolute Gasteiger partial charge is 0.490 e. The number of carbonyl (C=O) groups is 2. The minimum atomic E-state index is -0.558. The first-order valence-electron chi connectivity index (χ1n) is 9.12. The van der Waals surface area contributed by atoms with Crippen LogP contribution in [0.5, 0.6) is 11.5 Å². The van der Waals surface area contributed by atoms with Crippen LogP contribution in [0, 0.1) is 5.82 Å². The summed E-state index contributed by atoms with van der Waals surface area (Å²) in [6.45, 7) is 6.29. The number of hydrogen-bond acceptors (Lipinski definition) is 4. The first-order chi connectivity index (χ1) is 14.0. The van der Waals surface area contributed by atoms with E-state index in [2.05, 4.69) is 17.2 Å². The van der Waals surface area contributed by atoms with Gasteiger partial charge in [-0.3, -0.25) is 10.1 Å². The number of amides is 3. The Balaban J connectivity index is 1.94. The van der Waals surface area contributed by atoms with Gasteiger partial charge in [0, 0.05) is 5.56 Å². The maximum Gasteiger partial charge on any atom is 0.326 e. The highest BCUT2D eigenvalue weighted by Gasteiger charge is 2.23. The Morgan fingerprint density at radius 2 is 1.86 bits per heavy atom. The van der Waals surface area contributed by atoms with Crippen LogP contribution >= 0.6 is 0 Å². The van der Waals surface area contributed by atoms with Crippen molar-refractivity contribution in [3.63, 3.8) is 0 Å². The second-order valence-corrected chi connectivity index (χ2v) is 6.31. The van der Waals surface area contributed by atoms with E-state index < -0.39 is 11.9 Å². The molecule has 0 aromatic heterocycles. The third-order valence-electron chi connectivity index (χ3n) is 4.15. The summed E-state index contributed by atoms with van der Waals surface area (Å²) >= 11 is 0. The fourth-order valence-corrected chi connectivity index (χ4v) is 2.89. The molecule has 3 amide bonds. The van der Waals surface area contributed by atoms with Gasteiger partial charge in [-0.15, -0.1) is 6.58 Å². The molecule has 0 aliphatic carbocycles. The number of benzene rings is 2. The van der Waals surface area contributed by atoms with Gasteiger partial charge in [0.15, 0.2) is 11.5 Å². The number of nitrogens with one attached hydrogen (secondary N) is 2. The predicted molar refractivity (Wildman–Crippen MR) is 107 cm³/mol. The molecule has 6 nitrogen and oxygen atoms in total. The van der Waals surface area contributed by atoms with E-state index in [-0.39, 0.29) is 18.1 Å². The fourth-order valence-electron chi connectivity index (χ4n) is 2.89. The Bertz CT molecular complexity index is 968. The second kappa shape index (κ2) is 9.05. The lowest BCUT2D eigenvalue weighted by Gasteiger charge is -2.17. The smallest absolute Gasteiger partial charge is 0.326 e. The molecule has 29 heavy (non-hydrogen) atoms. The van der Waals surface area contributed by atoms with Crippen molar-refractivity contribution in [1.82, 2.24) is 10.6 Å². The summed E-state index contributed by atoms with van der Waals surface area (Å²) in [5.41, 5.74) is 2.45. The van der Waals surface area contributed by atoms with Gasteiger partial charge in [0.25, 0.3) is 5.91 Å². The molecule has 3 rings (SSSR count). The third kappa shape index (κ3) is 5.01. The van der Waals surface area contributed by atoms with Crippen LogP contribution in [0.3, 0.4) is 0 Å². The van der Waals surface area contributed by atoms with Crippen molar-refractivity contribution >= 4 is 18.0 Å². The highest BCUT2D eigenvalue weighted by atomic mass is 19.1. The van der Waals surface area contributed by atoms with Gasteiger partial charge in [-0.2, -0.15) is 0 Å². The molecular weight excluding hydrogens is 375 g/mol. The quantitative estimate of drug-likeness (QED) is 0.405. The highest BCUT2D eigenvalue weighted by Crippen LogP contribution is 2.35. The summed E-state index contributed by atoms with van der Waals surface area (Å²) in [6, 6.07) is 9.09. The van der Waals surface area contributed by atoms with Gasteiger partial charge in [-0.25, -0.2) is 9.18 Å². The average Bonchev–Trinajstić information content (AvgIpc) is 3.00. The van der Waals surface area contributed by atoms with Crippen molar-refractivity contribution in [2.75, 3.05) is 6.61 Å². The Kier molecular flexibility index (Phi) is 6.29. The summed E-state index contributed by atoms with van der Waals surface area (Å²) in [5, 5.41) is 4.62. The summed E-state index contributed by atoms with van der Waals surface area (Å²) < 4.78 is 24.9. The summed E-state index contributed by atoms with van der Waals surface area (Å²) in [7, 11) is 0. The zero-order chi connectivity index (χ0) is 20.8. The molecule has 7 heteroatoms. The Hall–Kier alpha value is -3.61. The van der Waals surface area contributed by atoms with Gasteiger partial charge in [0.2, 0.25) is 0 Å². The van der Waals surface area contributed by atoms with Crippen molar-refractivity contribution in [3.05, 3.63) is 77.3 Å². The molecule has 1 fully saturated rings. The zero-order valence-electron chi connectivity index (χ0n) is 16.0. The number of halogens is 1. The average molecular weight is 396 g/mol. The normalized spacial score (nSPS) is 14.5. The first kappa shape index (κ1) is 20.1. The molecule has 1 aliphatic heterocycles. The van der Waals surface area contributed by atoms with Gasteiger partial charge >= 0.3 is 6.03 Å². The van der Waals surface area contributed by atoms with E-state index in [0.29, 0.717) is 30.1 Å². The number of urea groups is 1. The van der Waals surface area contributed by atoms with E-state index in [1.165, 1.54) is 12.1 Å². The molecule has 150 valence electrons. The predicted octanol–water partition coefficient (Wildman–Crippen LogP) is 3.71. The van der Waals surface area contributed by atoms with Gasteiger partial charge < -0.3 is 14.8 Å². The standard InChI is InChI=1S/C22H21FN2O4/c1-3-5-16-10-15(11-18-21(26)25-22(27)24-18)12-19(28-4-2)20(16)29-13-14-6-8-17(23)9-7-14/h3,6-12H,1,4-5,13H2,2H3,(H2,24,25,26,27)/b18-11+. The summed E-state index contributed by atoms with van der Waals surface area (Å²) in [5.74, 6) is 0.259. The van der Waals surface area contributed by atoms with Crippen molar-refractivity contribution in [2.45, 2.75) is 20.0 Å². The topological polar surface area (TPSA) is 76.7 Å². The lowest BCUT2D eigenvalue weighted by Crippen LogP contribution is -2.22. The number of hydrogen-bond donors (Lipinski definition) is 2. The molecule has 1 saturated heterocycles. The number of rotatable bonds is 8. The molecule has 2 N–H and O–H groups in total. The van der Waals surface area contributed by atoms with E-state index in [4.69, 9.17) is 9.47 Å². The minimum absolute atomic E-state index is 0.155. The lowest BCUT2D eigenvalue weighted by molar-refractivity contribution is -0.115. The van der Waals surface area contributed by atoms with Crippen LogP contribution < -0.4 is 20.1 Å². The number of carbonyl (C=O) groups excluding carboxylic acids is 2. The Morgan fingerprint density at radius 3 is 2.48 bits per heavy atom. The van der Waals surface area contributed by atoms with E-state index in [9.17, 15) is 14.0 Å². The van der Waals surface area contributed by atoms with Crippen molar-refractivity contribution < 1.29 is 23.5 Å². The van der Waals surface area contributed by atoms with Crippen LogP contribution in [0.1, 0.15) is 23.6 Å². The molecule has 0 spiro atoms. The third-order valence-corrected chi connectivity index (χ3v) is 4.15. The Morgan fingerprint density at radius 1 is 1.10 bits per heavy atom. The maximum atomic E-state index is 13.1. The summed E-state index contributed by atoms with van der Waals surface area (Å²) in [6.07, 6.45) is 3.81. The second-order valence-electron chi connectivity index (χ2n) is 6.31. The van der Waals surface area contributed by atoms with Crippen LogP contribution in [-0.2, 0) is 17.8 Å². The van der Waals surface area contributed by atoms with Crippen LogP contribution in [-0.4, -0.2) is 18.5 Å². The maximum absolute atomic E-state index is 13.1. The molecule has 2 aromatic carbocycles. The molecule has 0 unspecified atom stereocenters. The van der Waals surface area contributed by atoms with Gasteiger partial charge in [-0.05, 0) is 54.8 Å². The lowest BCUT2D eigenvalue weighted by atomic mass is 10.0. The van der Waals surface area contributed by atoms with Crippen LogP contribution in [0.4, 0.5) is 9.18 Å². The number of allylic oxidation sites excluding steroid dienone is 1. The van der Waals surface area contributed by atoms with Gasteiger partial charge in [0.1, 0.15) is 18.1 Å². The van der Waals surface area contributed by atoms with Crippen LogP contribution in [0.2, 0.25) is 0 Å². The minimum Gasteiger partial charge on any atom is -0.490 e. The molecule has 2 aromatic rings. The molecule has 1 heterocycles. The van der Waals surface area contributed by atoms with Crippen molar-refractivity contribution in [2.24, 2.45) is 0 Å². The van der Waals surface area contributed by atoms with E-state index in [1.807, 2.05) is 13.0 Å². The molecule has 0 bridgehead atoms. The molecular formula is C22H21FN2O4. The number of imide groups is 1. The SMILES string of the molecule is C=CCc1cc(/C=C2/NC(=O)NC2=O)cc(OCC)c1OCc1ccc(F)cc1. The van der Waals surface area contributed by atoms with Crippen LogP contribution in [0.15, 0.2) is 54.8 Å². The van der Waals surface area contributed by atoms with Crippen LogP contribution in [0.25, 0.3) is 6.08 Å². The zero-order valence-corrected chi connectivity index (χ0v) is 16.0. The molecule has 0 atom stereocenters. The van der Waals surface area contributed by atoms with Gasteiger partial charge in [0.05, 0.1) is 6.61 Å². The molecule has 0 radical (unpaired) electrons. The molecule has 1 aliphatic rings. The van der Waals surface area contributed by atoms with Crippen molar-refractivity contribution in [3.8, 4) is 11.5 Å². The molecule has 0 saturated carbocycles. The Labute approximate surface area is 168 Å². The van der Waals surface area contributed by atoms with E-state index in [0.717, 1.165) is 11.1 Å². The van der Waals surface area contributed by atoms with E-state index in [1.54, 1.807) is 30.4 Å². The fraction of sp³-hybridized carbons (Fsp3) is 0.182. The first-order valence-corrected chi connectivity index (χ1v) is 9.12. The highest BCUT2D eigenvalue weighted by molar-refractivity contribution is 6.14. The van der Waals surface area contributed by atoms with Gasteiger partial charge in [-0.1, -0.05) is 18.2 Å². The summed E-state index contributed by atoms with van der Waals surface area (Å²) in [4.78, 5) is 23.1. The monoisotopic (exact) mass is 396 g/mol. The van der Waals surface area contributed by atoms with E-state index >= 15 is 0 Å². The van der Waals surface area contributed by atoms with Crippen molar-refractivity contribution in [1.29, 1.82) is 0 Å².